The number of halogens is 1. The van der Waals surface area contributed by atoms with E-state index in [4.69, 9.17) is 5.11 Å². The molecule has 0 radical (unpaired) electrons. The molecular weight excluding hydrogens is 167 g/mol. The minimum absolute atomic E-state index is 0. The van der Waals surface area contributed by atoms with E-state index >= 15 is 0 Å². The Morgan fingerprint density at radius 3 is 2.25 bits per heavy atom. The summed E-state index contributed by atoms with van der Waals surface area (Å²) in [7, 11) is 0. The number of hydrogen-bond donors (Lipinski definition) is 1. The molecule has 8 heavy (non-hydrogen) atoms. The molecule has 0 aliphatic carbocycles. The summed E-state index contributed by atoms with van der Waals surface area (Å²) in [5.41, 5.74) is 0. The van der Waals surface area contributed by atoms with Gasteiger partial charge in [0.25, 0.3) is 0 Å². The Bertz CT molecular complexity index is 67.1. The van der Waals surface area contributed by atoms with Gasteiger partial charge in [-0.25, -0.2) is 0 Å². The summed E-state index contributed by atoms with van der Waals surface area (Å²) in [6.45, 7) is 0. The zero-order chi connectivity index (χ0) is 5.70. The summed E-state index contributed by atoms with van der Waals surface area (Å²) >= 11 is 3.11. The normalized spacial score (nSPS) is 7.62. The van der Waals surface area contributed by atoms with Crippen LogP contribution in [0.4, 0.5) is 0 Å². The van der Waals surface area contributed by atoms with E-state index < -0.39 is 5.97 Å². The van der Waals surface area contributed by atoms with Crippen molar-refractivity contribution in [1.29, 1.82) is 0 Å². The van der Waals surface area contributed by atoms with Crippen molar-refractivity contribution in [3.8, 4) is 0 Å². The van der Waals surface area contributed by atoms with E-state index in [1.165, 1.54) is 0 Å². The van der Waals surface area contributed by atoms with Crippen LogP contribution in [0.25, 0.3) is 0 Å². The molecule has 44 valence electrons. The predicted molar refractivity (Wildman–Crippen MR) is 37.8 cm³/mol. The summed E-state index contributed by atoms with van der Waals surface area (Å²) < 4.78 is 0. The van der Waals surface area contributed by atoms with Crippen LogP contribution in [0.2, 0.25) is 0 Å². The number of alkyl halides is 1. The van der Waals surface area contributed by atoms with Crippen LogP contribution in [0.1, 0.15) is 12.8 Å². The number of aliphatic carboxylic acids is 1. The Balaban J connectivity index is 0. The molecule has 0 spiro atoms. The van der Waals surface area contributed by atoms with Crippen molar-refractivity contribution in [2.24, 2.45) is 0 Å². The van der Waals surface area contributed by atoms with E-state index in [1.54, 1.807) is 0 Å². The third-order valence-corrected chi connectivity index (χ3v) is 1.09. The Kier molecular flexibility index (Phi) is 10.7. The monoisotopic (exact) mass is 174 g/mol. The molecule has 0 aromatic carbocycles. The van der Waals surface area contributed by atoms with Crippen LogP contribution in [-0.2, 0) is 4.79 Å². The summed E-state index contributed by atoms with van der Waals surface area (Å²) in [4.78, 5) is 9.74. The van der Waals surface area contributed by atoms with Gasteiger partial charge in [0.1, 0.15) is 0 Å². The van der Waals surface area contributed by atoms with Crippen LogP contribution in [0, 0.1) is 0 Å². The first kappa shape index (κ1) is 11.4. The molecule has 0 bridgehead atoms. The van der Waals surface area contributed by atoms with E-state index in [1.807, 2.05) is 0 Å². The molecule has 0 aromatic heterocycles. The van der Waals surface area contributed by atoms with Gasteiger partial charge >= 0.3 is 24.8 Å². The van der Waals surface area contributed by atoms with E-state index in [2.05, 4.69) is 15.9 Å². The maximum absolute atomic E-state index is 9.74. The second kappa shape index (κ2) is 7.55. The quantitative estimate of drug-likeness (QED) is 0.503. The minimum atomic E-state index is -0.723. The van der Waals surface area contributed by atoms with Gasteiger partial charge in [0, 0.05) is 11.8 Å². The molecule has 0 fully saturated rings. The molecule has 4 heteroatoms. The van der Waals surface area contributed by atoms with Gasteiger partial charge in [0.15, 0.2) is 0 Å². The standard InChI is InChI=1S/C4H7BrO2.Li.H/c5-3-1-2-4(6)7;;/h1-3H2,(H,6,7);;. The molecule has 1 N–H and O–H groups in total. The summed E-state index contributed by atoms with van der Waals surface area (Å²) in [6.07, 6.45) is 0.987. The zero-order valence-corrected chi connectivity index (χ0v) is 5.44. The second-order valence-electron chi connectivity index (χ2n) is 1.19. The molecule has 0 aliphatic heterocycles. The van der Waals surface area contributed by atoms with Crippen molar-refractivity contribution < 1.29 is 9.90 Å². The number of carboxylic acids is 1. The average molecular weight is 175 g/mol. The molecule has 0 heterocycles. The average Bonchev–Trinajstić information content (AvgIpc) is 1.61. The molecule has 0 saturated carbocycles. The van der Waals surface area contributed by atoms with Gasteiger partial charge in [0.05, 0.1) is 0 Å². The number of rotatable bonds is 3. The van der Waals surface area contributed by atoms with E-state index in [-0.39, 0.29) is 25.3 Å². The predicted octanol–water partition coefficient (Wildman–Crippen LogP) is 0.598. The molecule has 0 aliphatic rings. The molecule has 0 aromatic rings. The van der Waals surface area contributed by atoms with Crippen molar-refractivity contribution >= 4 is 40.8 Å². The topological polar surface area (TPSA) is 37.3 Å². The fourth-order valence-electron chi connectivity index (χ4n) is 0.218. The molecule has 0 saturated heterocycles. The third kappa shape index (κ3) is 9.74. The number of carboxylic acid groups (broad SMARTS) is 1. The summed E-state index contributed by atoms with van der Waals surface area (Å²) in [6, 6.07) is 0. The van der Waals surface area contributed by atoms with Crippen molar-refractivity contribution in [1.82, 2.24) is 0 Å². The van der Waals surface area contributed by atoms with Crippen LogP contribution >= 0.6 is 15.9 Å². The number of carbonyl (C=O) groups is 1. The molecule has 0 amide bonds. The van der Waals surface area contributed by atoms with Gasteiger partial charge in [0.2, 0.25) is 0 Å². The maximum atomic E-state index is 9.74. The van der Waals surface area contributed by atoms with Gasteiger partial charge in [-0.05, 0) is 6.42 Å². The Morgan fingerprint density at radius 1 is 1.62 bits per heavy atom. The van der Waals surface area contributed by atoms with Crippen LogP contribution in [0.5, 0.6) is 0 Å². The molecule has 2 nitrogen and oxygen atoms in total. The fraction of sp³-hybridized carbons (Fsp3) is 0.750. The van der Waals surface area contributed by atoms with Crippen molar-refractivity contribution in [3.05, 3.63) is 0 Å². The summed E-state index contributed by atoms with van der Waals surface area (Å²) in [5.74, 6) is -0.723. The second-order valence-corrected chi connectivity index (χ2v) is 1.98. The van der Waals surface area contributed by atoms with Crippen molar-refractivity contribution in [2.45, 2.75) is 12.8 Å². The Hall–Kier alpha value is 0.547. The summed E-state index contributed by atoms with van der Waals surface area (Å²) in [5, 5.41) is 8.80. The van der Waals surface area contributed by atoms with Crippen molar-refractivity contribution in [3.63, 3.8) is 0 Å². The third-order valence-electron chi connectivity index (χ3n) is 0.524. The molecular formula is C4H8BrLiO2. The van der Waals surface area contributed by atoms with Crippen molar-refractivity contribution in [2.75, 3.05) is 5.33 Å². The Morgan fingerprint density at radius 2 is 2.12 bits per heavy atom. The SMILES string of the molecule is O=C(O)CCCBr.[LiH]. The first-order valence-corrected chi connectivity index (χ1v) is 3.17. The van der Waals surface area contributed by atoms with E-state index in [0.29, 0.717) is 0 Å². The van der Waals surface area contributed by atoms with E-state index in [9.17, 15) is 4.79 Å². The van der Waals surface area contributed by atoms with E-state index in [0.717, 1.165) is 11.8 Å². The number of hydrogen-bond acceptors (Lipinski definition) is 1. The van der Waals surface area contributed by atoms with Crippen LogP contribution in [0.15, 0.2) is 0 Å². The first-order chi connectivity index (χ1) is 3.27. The van der Waals surface area contributed by atoms with Gasteiger partial charge < -0.3 is 5.11 Å². The van der Waals surface area contributed by atoms with Gasteiger partial charge in [-0.3, -0.25) is 4.79 Å². The Labute approximate surface area is 69.0 Å². The van der Waals surface area contributed by atoms with Crippen LogP contribution in [0.3, 0.4) is 0 Å². The van der Waals surface area contributed by atoms with Gasteiger partial charge in [-0.2, -0.15) is 0 Å². The van der Waals surface area contributed by atoms with Crippen LogP contribution < -0.4 is 0 Å². The zero-order valence-electron chi connectivity index (χ0n) is 3.85. The molecule has 0 atom stereocenters. The van der Waals surface area contributed by atoms with Gasteiger partial charge in [-0.15, -0.1) is 0 Å². The molecule has 0 rings (SSSR count). The first-order valence-electron chi connectivity index (χ1n) is 2.05. The fourth-order valence-corrected chi connectivity index (χ4v) is 0.498. The van der Waals surface area contributed by atoms with Gasteiger partial charge in [-0.1, -0.05) is 15.9 Å². The van der Waals surface area contributed by atoms with Crippen LogP contribution in [-0.4, -0.2) is 35.3 Å². The molecule has 0 unspecified atom stereocenters.